The summed E-state index contributed by atoms with van der Waals surface area (Å²) in [5.41, 5.74) is 1.38. The Hall–Kier alpha value is -1.30. The van der Waals surface area contributed by atoms with E-state index in [1.807, 2.05) is 6.07 Å². The summed E-state index contributed by atoms with van der Waals surface area (Å²) in [6.45, 7) is -0.111. The maximum Gasteiger partial charge on any atom is 0.184 e. The second-order valence-electron chi connectivity index (χ2n) is 3.46. The first-order chi connectivity index (χ1) is 8.69. The summed E-state index contributed by atoms with van der Waals surface area (Å²) in [5, 5.41) is 9.32. The third-order valence-electron chi connectivity index (χ3n) is 2.48. The molecule has 0 spiro atoms. The smallest absolute Gasteiger partial charge is 0.184 e. The largest absolute Gasteiger partial charge is 0.497 e. The lowest BCUT2D eigenvalue weighted by Gasteiger charge is -2.09. The molecule has 1 heterocycles. The van der Waals surface area contributed by atoms with Crippen molar-refractivity contribution in [1.29, 1.82) is 0 Å². The van der Waals surface area contributed by atoms with Gasteiger partial charge in [-0.25, -0.2) is 4.98 Å². The molecule has 1 N–H and O–H groups in total. The molecule has 6 heteroatoms. The van der Waals surface area contributed by atoms with Gasteiger partial charge in [-0.1, -0.05) is 11.6 Å². The molecule has 0 atom stereocenters. The molecule has 0 fully saturated rings. The van der Waals surface area contributed by atoms with Crippen molar-refractivity contribution in [3.05, 3.63) is 27.5 Å². The molecule has 2 aromatic rings. The van der Waals surface area contributed by atoms with Crippen LogP contribution in [0.2, 0.25) is 4.47 Å². The van der Waals surface area contributed by atoms with Gasteiger partial charge in [0.05, 0.1) is 31.4 Å². The Morgan fingerprint density at radius 2 is 2.11 bits per heavy atom. The molecule has 0 aliphatic rings. The highest BCUT2D eigenvalue weighted by Gasteiger charge is 2.16. The number of nitrogens with zero attached hydrogens (tertiary/aromatic N) is 1. The van der Waals surface area contributed by atoms with E-state index < -0.39 is 0 Å². The topological polar surface area (TPSA) is 51.6 Å². The van der Waals surface area contributed by atoms with Crippen LogP contribution in [0.3, 0.4) is 0 Å². The fraction of sp³-hybridized carbons (Fsp3) is 0.250. The first-order valence-corrected chi connectivity index (χ1v) is 6.37. The molecule has 1 aromatic heterocycles. The third-order valence-corrected chi connectivity index (χ3v) is 3.62. The SMILES string of the molecule is COc1ccc(OC)c(-c2nc(Cl)sc2CO)c1. The van der Waals surface area contributed by atoms with Crippen molar-refractivity contribution in [3.8, 4) is 22.8 Å². The zero-order chi connectivity index (χ0) is 13.1. The number of aliphatic hydroxyl groups is 1. The molecule has 0 unspecified atom stereocenters. The van der Waals surface area contributed by atoms with Gasteiger partial charge in [-0.15, -0.1) is 11.3 Å². The Morgan fingerprint density at radius 1 is 1.33 bits per heavy atom. The highest BCUT2D eigenvalue weighted by atomic mass is 35.5. The normalized spacial score (nSPS) is 10.4. The maximum atomic E-state index is 9.32. The summed E-state index contributed by atoms with van der Waals surface area (Å²) in [4.78, 5) is 4.92. The Labute approximate surface area is 114 Å². The van der Waals surface area contributed by atoms with Crippen LogP contribution >= 0.6 is 22.9 Å². The fourth-order valence-corrected chi connectivity index (χ4v) is 2.66. The van der Waals surface area contributed by atoms with Gasteiger partial charge in [-0.2, -0.15) is 0 Å². The molecule has 18 heavy (non-hydrogen) atoms. The van der Waals surface area contributed by atoms with E-state index in [0.717, 1.165) is 5.56 Å². The zero-order valence-electron chi connectivity index (χ0n) is 9.94. The summed E-state index contributed by atoms with van der Waals surface area (Å²) in [6, 6.07) is 5.40. The number of benzene rings is 1. The van der Waals surface area contributed by atoms with Gasteiger partial charge in [0.2, 0.25) is 0 Å². The van der Waals surface area contributed by atoms with Gasteiger partial charge in [-0.3, -0.25) is 0 Å². The van der Waals surface area contributed by atoms with Crippen molar-refractivity contribution in [2.24, 2.45) is 0 Å². The summed E-state index contributed by atoms with van der Waals surface area (Å²) < 4.78 is 10.9. The van der Waals surface area contributed by atoms with Gasteiger partial charge in [0, 0.05) is 5.56 Å². The molecular weight excluding hydrogens is 274 g/mol. The van der Waals surface area contributed by atoms with Gasteiger partial charge < -0.3 is 14.6 Å². The van der Waals surface area contributed by atoms with Crippen LogP contribution < -0.4 is 9.47 Å². The van der Waals surface area contributed by atoms with E-state index in [2.05, 4.69) is 4.98 Å². The van der Waals surface area contributed by atoms with Crippen molar-refractivity contribution in [1.82, 2.24) is 4.98 Å². The second-order valence-corrected chi connectivity index (χ2v) is 5.13. The number of methoxy groups -OCH3 is 2. The minimum atomic E-state index is -0.111. The lowest BCUT2D eigenvalue weighted by Crippen LogP contribution is -1.92. The average Bonchev–Trinajstić information content (AvgIpc) is 2.79. The molecule has 1 aromatic carbocycles. The van der Waals surface area contributed by atoms with Gasteiger partial charge in [-0.05, 0) is 18.2 Å². The number of hydrogen-bond donors (Lipinski definition) is 1. The van der Waals surface area contributed by atoms with Gasteiger partial charge in [0.25, 0.3) is 0 Å². The van der Waals surface area contributed by atoms with Crippen LogP contribution in [0.1, 0.15) is 4.88 Å². The van der Waals surface area contributed by atoms with Crippen LogP contribution in [0.5, 0.6) is 11.5 Å². The predicted molar refractivity (Wildman–Crippen MR) is 71.6 cm³/mol. The molecule has 96 valence electrons. The standard InChI is InChI=1S/C12H12ClNO3S/c1-16-7-3-4-9(17-2)8(5-7)11-10(6-15)18-12(13)14-11/h3-5,15H,6H2,1-2H3. The Kier molecular flexibility index (Phi) is 4.06. The minimum absolute atomic E-state index is 0.111. The molecule has 0 aliphatic heterocycles. The van der Waals surface area contributed by atoms with Crippen LogP contribution in [-0.2, 0) is 6.61 Å². The van der Waals surface area contributed by atoms with Crippen molar-refractivity contribution < 1.29 is 14.6 Å². The third kappa shape index (κ3) is 2.43. The van der Waals surface area contributed by atoms with Crippen LogP contribution in [0.4, 0.5) is 0 Å². The van der Waals surface area contributed by atoms with Crippen LogP contribution in [-0.4, -0.2) is 24.3 Å². The average molecular weight is 286 g/mol. The monoisotopic (exact) mass is 285 g/mol. The second kappa shape index (κ2) is 5.56. The zero-order valence-corrected chi connectivity index (χ0v) is 11.5. The van der Waals surface area contributed by atoms with E-state index in [4.69, 9.17) is 21.1 Å². The summed E-state index contributed by atoms with van der Waals surface area (Å²) in [6.07, 6.45) is 0. The number of aliphatic hydroxyl groups excluding tert-OH is 1. The molecule has 0 aliphatic carbocycles. The number of aromatic nitrogens is 1. The summed E-state index contributed by atoms with van der Waals surface area (Å²) in [7, 11) is 3.17. The molecule has 4 nitrogen and oxygen atoms in total. The lowest BCUT2D eigenvalue weighted by atomic mass is 10.1. The quantitative estimate of drug-likeness (QED) is 0.938. The number of ether oxygens (including phenoxy) is 2. The maximum absolute atomic E-state index is 9.32. The number of halogens is 1. The van der Waals surface area contributed by atoms with Crippen LogP contribution in [0, 0.1) is 0 Å². The Morgan fingerprint density at radius 3 is 2.72 bits per heavy atom. The molecular formula is C12H12ClNO3S. The molecule has 2 rings (SSSR count). The molecule has 0 saturated heterocycles. The summed E-state index contributed by atoms with van der Waals surface area (Å²) in [5.74, 6) is 1.35. The fourth-order valence-electron chi connectivity index (χ4n) is 1.64. The van der Waals surface area contributed by atoms with Crippen LogP contribution in [0.25, 0.3) is 11.3 Å². The van der Waals surface area contributed by atoms with Crippen molar-refractivity contribution in [2.45, 2.75) is 6.61 Å². The Bertz CT molecular complexity index is 556. The van der Waals surface area contributed by atoms with Crippen molar-refractivity contribution in [3.63, 3.8) is 0 Å². The number of rotatable bonds is 4. The van der Waals surface area contributed by atoms with E-state index in [0.29, 0.717) is 26.5 Å². The minimum Gasteiger partial charge on any atom is -0.497 e. The molecule has 0 radical (unpaired) electrons. The predicted octanol–water partition coefficient (Wildman–Crippen LogP) is 2.97. The van der Waals surface area contributed by atoms with E-state index >= 15 is 0 Å². The molecule has 0 bridgehead atoms. The van der Waals surface area contributed by atoms with Crippen LogP contribution in [0.15, 0.2) is 18.2 Å². The first kappa shape index (κ1) is 13.1. The van der Waals surface area contributed by atoms with E-state index in [9.17, 15) is 5.11 Å². The number of hydrogen-bond acceptors (Lipinski definition) is 5. The Balaban J connectivity index is 2.60. The number of thiazole rings is 1. The van der Waals surface area contributed by atoms with E-state index in [-0.39, 0.29) is 6.61 Å². The van der Waals surface area contributed by atoms with E-state index in [1.165, 1.54) is 11.3 Å². The van der Waals surface area contributed by atoms with Crippen molar-refractivity contribution >= 4 is 22.9 Å². The highest BCUT2D eigenvalue weighted by Crippen LogP contribution is 2.38. The first-order valence-electron chi connectivity index (χ1n) is 5.18. The lowest BCUT2D eigenvalue weighted by molar-refractivity contribution is 0.286. The van der Waals surface area contributed by atoms with Gasteiger partial charge in [0.1, 0.15) is 11.5 Å². The van der Waals surface area contributed by atoms with E-state index in [1.54, 1.807) is 26.4 Å². The van der Waals surface area contributed by atoms with Gasteiger partial charge in [0.15, 0.2) is 4.47 Å². The molecule has 0 amide bonds. The van der Waals surface area contributed by atoms with Gasteiger partial charge >= 0.3 is 0 Å². The van der Waals surface area contributed by atoms with Crippen molar-refractivity contribution in [2.75, 3.05) is 14.2 Å². The molecule has 0 saturated carbocycles. The highest BCUT2D eigenvalue weighted by molar-refractivity contribution is 7.16. The summed E-state index contributed by atoms with van der Waals surface area (Å²) >= 11 is 7.14.